The van der Waals surface area contributed by atoms with Crippen LogP contribution < -0.4 is 5.32 Å². The van der Waals surface area contributed by atoms with Crippen LogP contribution in [0.25, 0.3) is 10.9 Å². The van der Waals surface area contributed by atoms with Crippen molar-refractivity contribution in [2.24, 2.45) is 5.92 Å². The number of nitrogens with zero attached hydrogens (tertiary/aromatic N) is 1. The van der Waals surface area contributed by atoms with Gasteiger partial charge in [-0.25, -0.2) is 4.39 Å². The number of hydrogen-bond donors (Lipinski definition) is 2. The van der Waals surface area contributed by atoms with E-state index in [1.165, 1.54) is 4.90 Å². The van der Waals surface area contributed by atoms with Gasteiger partial charge in [0, 0.05) is 30.4 Å². The third-order valence-electron chi connectivity index (χ3n) is 5.19. The number of halogens is 1. The molecule has 5 nitrogen and oxygen atoms in total. The molecule has 1 atom stereocenters. The standard InChI is InChI=1S/C19H22FN3O2/c20-19(18(25)22-11-13-2-3-13)7-1-9-23(12-19)17(24)15-5-4-14-6-8-21-16(14)10-15/h4-6,8,10,13,21H,1-3,7,9,11-12H2,(H,22,25). The maximum Gasteiger partial charge on any atom is 0.259 e. The van der Waals surface area contributed by atoms with E-state index in [0.29, 0.717) is 31.0 Å². The van der Waals surface area contributed by atoms with Crippen molar-refractivity contribution in [3.8, 4) is 0 Å². The zero-order valence-electron chi connectivity index (χ0n) is 14.1. The molecule has 2 fully saturated rings. The number of aromatic nitrogens is 1. The summed E-state index contributed by atoms with van der Waals surface area (Å²) in [6, 6.07) is 7.33. The molecule has 0 radical (unpaired) electrons. The van der Waals surface area contributed by atoms with Crippen molar-refractivity contribution in [2.45, 2.75) is 31.4 Å². The lowest BCUT2D eigenvalue weighted by Crippen LogP contribution is -2.55. The van der Waals surface area contributed by atoms with Crippen LogP contribution in [0, 0.1) is 5.92 Å². The Kier molecular flexibility index (Phi) is 3.98. The summed E-state index contributed by atoms with van der Waals surface area (Å²) in [5.74, 6) is -0.300. The number of alkyl halides is 1. The van der Waals surface area contributed by atoms with Gasteiger partial charge in [0.2, 0.25) is 5.67 Å². The van der Waals surface area contributed by atoms with E-state index >= 15 is 4.39 Å². The molecule has 2 N–H and O–H groups in total. The molecule has 2 aromatic rings. The third kappa shape index (κ3) is 3.25. The summed E-state index contributed by atoms with van der Waals surface area (Å²) < 4.78 is 15.2. The zero-order valence-corrected chi connectivity index (χ0v) is 14.1. The van der Waals surface area contributed by atoms with Crippen molar-refractivity contribution in [3.63, 3.8) is 0 Å². The van der Waals surface area contributed by atoms with Crippen LogP contribution in [0.3, 0.4) is 0 Å². The maximum atomic E-state index is 15.2. The van der Waals surface area contributed by atoms with E-state index in [-0.39, 0.29) is 18.9 Å². The number of aromatic amines is 1. The second-order valence-electron chi connectivity index (χ2n) is 7.23. The molecule has 6 heteroatoms. The number of carbonyl (C=O) groups is 2. The van der Waals surface area contributed by atoms with E-state index in [9.17, 15) is 9.59 Å². The van der Waals surface area contributed by atoms with Gasteiger partial charge in [0.25, 0.3) is 11.8 Å². The second-order valence-corrected chi connectivity index (χ2v) is 7.23. The van der Waals surface area contributed by atoms with E-state index in [0.717, 1.165) is 23.7 Å². The summed E-state index contributed by atoms with van der Waals surface area (Å²) in [6.45, 7) is 0.843. The SMILES string of the molecule is O=C(c1ccc2cc[nH]c2c1)N1CCCC(F)(C(=O)NCC2CC2)C1. The molecule has 2 heterocycles. The molecule has 132 valence electrons. The summed E-state index contributed by atoms with van der Waals surface area (Å²) in [5.41, 5.74) is -0.603. The first-order valence-electron chi connectivity index (χ1n) is 8.89. The minimum atomic E-state index is -1.99. The number of hydrogen-bond acceptors (Lipinski definition) is 2. The van der Waals surface area contributed by atoms with Gasteiger partial charge in [-0.05, 0) is 55.2 Å². The number of piperidine rings is 1. The van der Waals surface area contributed by atoms with Gasteiger partial charge in [0.05, 0.1) is 6.54 Å². The van der Waals surface area contributed by atoms with Crippen molar-refractivity contribution < 1.29 is 14.0 Å². The van der Waals surface area contributed by atoms with Gasteiger partial charge in [-0.3, -0.25) is 9.59 Å². The number of H-pyrrole nitrogens is 1. The fourth-order valence-electron chi connectivity index (χ4n) is 3.45. The van der Waals surface area contributed by atoms with E-state index in [1.54, 1.807) is 12.1 Å². The van der Waals surface area contributed by atoms with E-state index in [4.69, 9.17) is 0 Å². The van der Waals surface area contributed by atoms with Crippen LogP contribution in [0.2, 0.25) is 0 Å². The van der Waals surface area contributed by atoms with E-state index < -0.39 is 11.6 Å². The summed E-state index contributed by atoms with van der Waals surface area (Å²) in [5, 5.41) is 3.74. The molecule has 2 aliphatic rings. The van der Waals surface area contributed by atoms with E-state index in [1.807, 2.05) is 18.3 Å². The predicted molar refractivity (Wildman–Crippen MR) is 93.0 cm³/mol. The van der Waals surface area contributed by atoms with Crippen LogP contribution in [-0.4, -0.2) is 47.0 Å². The Hall–Kier alpha value is -2.37. The first-order valence-corrected chi connectivity index (χ1v) is 8.89. The number of rotatable bonds is 4. The molecule has 25 heavy (non-hydrogen) atoms. The fourth-order valence-corrected chi connectivity index (χ4v) is 3.45. The normalized spacial score (nSPS) is 23.6. The van der Waals surface area contributed by atoms with E-state index in [2.05, 4.69) is 10.3 Å². The lowest BCUT2D eigenvalue weighted by Gasteiger charge is -2.36. The monoisotopic (exact) mass is 343 g/mol. The average molecular weight is 343 g/mol. The largest absolute Gasteiger partial charge is 0.361 e. The van der Waals surface area contributed by atoms with Crippen LogP contribution in [0.15, 0.2) is 30.5 Å². The maximum absolute atomic E-state index is 15.2. The van der Waals surface area contributed by atoms with Crippen LogP contribution in [0.1, 0.15) is 36.0 Å². The van der Waals surface area contributed by atoms with Crippen LogP contribution >= 0.6 is 0 Å². The molecule has 1 unspecified atom stereocenters. The smallest absolute Gasteiger partial charge is 0.259 e. The third-order valence-corrected chi connectivity index (χ3v) is 5.19. The highest BCUT2D eigenvalue weighted by Gasteiger charge is 2.44. The molecule has 1 aliphatic heterocycles. The molecule has 1 aromatic carbocycles. The lowest BCUT2D eigenvalue weighted by molar-refractivity contribution is -0.135. The molecule has 1 aliphatic carbocycles. The Morgan fingerprint density at radius 3 is 2.96 bits per heavy atom. The first kappa shape index (κ1) is 16.1. The van der Waals surface area contributed by atoms with Crippen molar-refractivity contribution in [1.29, 1.82) is 0 Å². The van der Waals surface area contributed by atoms with Crippen molar-refractivity contribution in [1.82, 2.24) is 15.2 Å². The average Bonchev–Trinajstić information content (AvgIpc) is 3.33. The van der Waals surface area contributed by atoms with Gasteiger partial charge < -0.3 is 15.2 Å². The van der Waals surface area contributed by atoms with Crippen LogP contribution in [0.4, 0.5) is 4.39 Å². The number of likely N-dealkylation sites (tertiary alicyclic amines) is 1. The topological polar surface area (TPSA) is 65.2 Å². The molecule has 1 aromatic heterocycles. The Labute approximate surface area is 145 Å². The minimum absolute atomic E-state index is 0.170. The number of fused-ring (bicyclic) bond motifs is 1. The molecule has 0 bridgehead atoms. The van der Waals surface area contributed by atoms with Gasteiger partial charge in [-0.15, -0.1) is 0 Å². The predicted octanol–water partition coefficient (Wildman–Crippen LogP) is 2.64. The molecular formula is C19H22FN3O2. The molecule has 4 rings (SSSR count). The van der Waals surface area contributed by atoms with Gasteiger partial charge >= 0.3 is 0 Å². The molecular weight excluding hydrogens is 321 g/mol. The Bertz CT molecular complexity index is 814. The van der Waals surface area contributed by atoms with Crippen molar-refractivity contribution in [2.75, 3.05) is 19.6 Å². The quantitative estimate of drug-likeness (QED) is 0.896. The molecule has 1 saturated heterocycles. The van der Waals surface area contributed by atoms with Crippen LogP contribution in [-0.2, 0) is 4.79 Å². The number of benzene rings is 1. The number of nitrogens with one attached hydrogen (secondary N) is 2. The summed E-state index contributed by atoms with van der Waals surface area (Å²) in [4.78, 5) is 29.6. The number of carbonyl (C=O) groups excluding carboxylic acids is 2. The molecule has 0 spiro atoms. The minimum Gasteiger partial charge on any atom is -0.361 e. The molecule has 1 saturated carbocycles. The number of amides is 2. The molecule has 2 amide bonds. The Morgan fingerprint density at radius 1 is 1.32 bits per heavy atom. The Balaban J connectivity index is 1.47. The zero-order chi connectivity index (χ0) is 17.4. The van der Waals surface area contributed by atoms with Gasteiger partial charge in [-0.1, -0.05) is 6.07 Å². The van der Waals surface area contributed by atoms with Crippen molar-refractivity contribution in [3.05, 3.63) is 36.0 Å². The Morgan fingerprint density at radius 2 is 2.16 bits per heavy atom. The van der Waals surface area contributed by atoms with Gasteiger partial charge in [0.1, 0.15) is 0 Å². The van der Waals surface area contributed by atoms with Gasteiger partial charge in [-0.2, -0.15) is 0 Å². The highest BCUT2D eigenvalue weighted by molar-refractivity contribution is 5.98. The van der Waals surface area contributed by atoms with Crippen molar-refractivity contribution >= 4 is 22.7 Å². The summed E-state index contributed by atoms with van der Waals surface area (Å²) in [7, 11) is 0. The highest BCUT2D eigenvalue weighted by Crippen LogP contribution is 2.30. The van der Waals surface area contributed by atoms with Crippen LogP contribution in [0.5, 0.6) is 0 Å². The first-order chi connectivity index (χ1) is 12.0. The second kappa shape index (κ2) is 6.17. The lowest BCUT2D eigenvalue weighted by atomic mass is 9.93. The van der Waals surface area contributed by atoms with Gasteiger partial charge in [0.15, 0.2) is 0 Å². The highest BCUT2D eigenvalue weighted by atomic mass is 19.1. The summed E-state index contributed by atoms with van der Waals surface area (Å²) in [6.07, 6.45) is 4.68. The fraction of sp³-hybridized carbons (Fsp3) is 0.474. The summed E-state index contributed by atoms with van der Waals surface area (Å²) >= 11 is 0.